The molecule has 2 aliphatic heterocycles. The summed E-state index contributed by atoms with van der Waals surface area (Å²) in [5.41, 5.74) is 1.71. The third kappa shape index (κ3) is 5.08. The minimum atomic E-state index is -0.542. The molecule has 0 bridgehead atoms. The number of rotatable bonds is 7. The third-order valence-corrected chi connectivity index (χ3v) is 8.09. The molecule has 4 rings (SSSR count). The maximum Gasteiger partial charge on any atom is 0.229 e. The number of allylic oxidation sites excluding steroid dienone is 1. The number of likely N-dealkylation sites (tertiary alicyclic amines) is 1. The van der Waals surface area contributed by atoms with E-state index in [1.807, 2.05) is 30.3 Å². The van der Waals surface area contributed by atoms with Gasteiger partial charge in [-0.25, -0.2) is 0 Å². The molecule has 3 nitrogen and oxygen atoms in total. The molecule has 0 saturated carbocycles. The van der Waals surface area contributed by atoms with Crippen molar-refractivity contribution >= 4 is 29.1 Å². The first-order chi connectivity index (χ1) is 16.4. The number of amides is 1. The molecule has 0 spiro atoms. The Hall–Kier alpha value is -1.81. The molecule has 2 saturated heterocycles. The van der Waals surface area contributed by atoms with E-state index < -0.39 is 5.41 Å². The summed E-state index contributed by atoms with van der Waals surface area (Å²) in [6.07, 6.45) is 7.33. The van der Waals surface area contributed by atoms with E-state index >= 15 is 0 Å². The topological polar surface area (TPSA) is 29.5 Å². The minimum Gasteiger partial charge on any atom is -0.376 e. The maximum absolute atomic E-state index is 14.3. The second kappa shape index (κ2) is 10.8. The van der Waals surface area contributed by atoms with E-state index in [1.54, 1.807) is 0 Å². The first-order valence-electron chi connectivity index (χ1n) is 12.4. The number of carbonyl (C=O) groups excluding carboxylic acids is 1. The van der Waals surface area contributed by atoms with Crippen LogP contribution in [0.2, 0.25) is 10.0 Å². The van der Waals surface area contributed by atoms with Crippen LogP contribution >= 0.6 is 23.2 Å². The highest BCUT2D eigenvalue weighted by Crippen LogP contribution is 2.52. The van der Waals surface area contributed by atoms with Gasteiger partial charge in [-0.15, -0.1) is 6.58 Å². The van der Waals surface area contributed by atoms with Gasteiger partial charge in [-0.2, -0.15) is 0 Å². The third-order valence-electron chi connectivity index (χ3n) is 7.60. The largest absolute Gasteiger partial charge is 0.376 e. The molecular weight excluding hydrogens is 465 g/mol. The fourth-order valence-electron chi connectivity index (χ4n) is 5.96. The van der Waals surface area contributed by atoms with Gasteiger partial charge in [-0.3, -0.25) is 4.79 Å². The Labute approximate surface area is 214 Å². The van der Waals surface area contributed by atoms with Gasteiger partial charge >= 0.3 is 0 Å². The molecule has 5 atom stereocenters. The lowest BCUT2D eigenvalue weighted by atomic mass is 9.66. The van der Waals surface area contributed by atoms with Gasteiger partial charge in [0.1, 0.15) is 0 Å². The van der Waals surface area contributed by atoms with Gasteiger partial charge < -0.3 is 9.64 Å². The molecule has 2 fully saturated rings. The Bertz CT molecular complexity index is 1000. The SMILES string of the molecule is C=CCC1(C)CC(c2cccc(Cl)c2)C(c2ccc(Cl)cc2)N(C(CC)C2CCCCO2)C1=O. The Balaban J connectivity index is 1.88. The molecule has 0 aliphatic carbocycles. The zero-order chi connectivity index (χ0) is 24.3. The Morgan fingerprint density at radius 1 is 1.15 bits per heavy atom. The monoisotopic (exact) mass is 499 g/mol. The van der Waals surface area contributed by atoms with Crippen LogP contribution in [0.1, 0.15) is 75.5 Å². The molecule has 0 radical (unpaired) electrons. The Morgan fingerprint density at radius 3 is 2.53 bits per heavy atom. The van der Waals surface area contributed by atoms with Crippen LogP contribution in [0.3, 0.4) is 0 Å². The summed E-state index contributed by atoms with van der Waals surface area (Å²) in [5, 5.41) is 1.40. The van der Waals surface area contributed by atoms with Crippen molar-refractivity contribution in [2.45, 2.75) is 76.5 Å². The van der Waals surface area contributed by atoms with Crippen molar-refractivity contribution < 1.29 is 9.53 Å². The molecule has 1 amide bonds. The van der Waals surface area contributed by atoms with E-state index in [-0.39, 0.29) is 30.0 Å². The van der Waals surface area contributed by atoms with Crippen molar-refractivity contribution in [2.75, 3.05) is 6.61 Å². The molecule has 2 aromatic carbocycles. The highest BCUT2D eigenvalue weighted by atomic mass is 35.5. The van der Waals surface area contributed by atoms with Gasteiger partial charge in [0, 0.05) is 22.6 Å². The summed E-state index contributed by atoms with van der Waals surface area (Å²) < 4.78 is 6.27. The van der Waals surface area contributed by atoms with Gasteiger partial charge in [0.2, 0.25) is 5.91 Å². The van der Waals surface area contributed by atoms with E-state index in [0.29, 0.717) is 16.5 Å². The van der Waals surface area contributed by atoms with Crippen LogP contribution in [-0.2, 0) is 9.53 Å². The van der Waals surface area contributed by atoms with Crippen LogP contribution in [0.5, 0.6) is 0 Å². The lowest BCUT2D eigenvalue weighted by Gasteiger charge is -2.53. The molecule has 5 unspecified atom stereocenters. The molecule has 0 aromatic heterocycles. The number of ether oxygens (including phenoxy) is 1. The summed E-state index contributed by atoms with van der Waals surface area (Å²) in [4.78, 5) is 16.5. The zero-order valence-electron chi connectivity index (χ0n) is 20.2. The number of benzene rings is 2. The van der Waals surface area contributed by atoms with Crippen molar-refractivity contribution in [3.8, 4) is 0 Å². The first-order valence-corrected chi connectivity index (χ1v) is 13.2. The van der Waals surface area contributed by atoms with Crippen molar-refractivity contribution in [2.24, 2.45) is 5.41 Å². The minimum absolute atomic E-state index is 0.000368. The van der Waals surface area contributed by atoms with Gasteiger partial charge in [-0.1, -0.05) is 67.4 Å². The van der Waals surface area contributed by atoms with E-state index in [0.717, 1.165) is 49.8 Å². The standard InChI is InChI=1S/C29H35Cl2NO2/c1-4-16-29(3)19-24(21-9-8-10-23(31)18-21)27(20-12-14-22(30)15-13-20)32(28(29)33)25(5-2)26-11-6-7-17-34-26/h4,8-10,12-15,18,24-27H,1,5-7,11,16-17,19H2,2-3H3. The average Bonchev–Trinajstić information content (AvgIpc) is 2.84. The van der Waals surface area contributed by atoms with Crippen molar-refractivity contribution in [1.82, 2.24) is 4.90 Å². The fourth-order valence-corrected chi connectivity index (χ4v) is 6.29. The normalized spacial score (nSPS) is 28.5. The smallest absolute Gasteiger partial charge is 0.229 e. The van der Waals surface area contributed by atoms with Crippen LogP contribution < -0.4 is 0 Å². The molecule has 2 aliphatic rings. The number of nitrogens with zero attached hydrogens (tertiary/aromatic N) is 1. The van der Waals surface area contributed by atoms with Crippen LogP contribution in [0.25, 0.3) is 0 Å². The number of carbonyl (C=O) groups is 1. The predicted molar refractivity (Wildman–Crippen MR) is 140 cm³/mol. The second-order valence-electron chi connectivity index (χ2n) is 10.0. The van der Waals surface area contributed by atoms with E-state index in [1.165, 1.54) is 0 Å². The maximum atomic E-state index is 14.3. The molecular formula is C29H35Cl2NO2. The number of hydrogen-bond donors (Lipinski definition) is 0. The lowest BCUT2D eigenvalue weighted by molar-refractivity contribution is -0.161. The van der Waals surface area contributed by atoms with E-state index in [9.17, 15) is 4.79 Å². The summed E-state index contributed by atoms with van der Waals surface area (Å²) >= 11 is 12.7. The quantitative estimate of drug-likeness (QED) is 0.361. The fraction of sp³-hybridized carbons (Fsp3) is 0.483. The lowest BCUT2D eigenvalue weighted by Crippen LogP contribution is -2.58. The Morgan fingerprint density at radius 2 is 1.91 bits per heavy atom. The first kappa shape index (κ1) is 25.3. The zero-order valence-corrected chi connectivity index (χ0v) is 21.7. The molecule has 182 valence electrons. The molecule has 0 N–H and O–H groups in total. The van der Waals surface area contributed by atoms with Crippen molar-refractivity contribution in [3.05, 3.63) is 82.4 Å². The number of halogens is 2. The Kier molecular flexibility index (Phi) is 8.07. The summed E-state index contributed by atoms with van der Waals surface area (Å²) in [6, 6.07) is 15.9. The summed E-state index contributed by atoms with van der Waals surface area (Å²) in [5.74, 6) is 0.270. The van der Waals surface area contributed by atoms with Gasteiger partial charge in [0.05, 0.1) is 23.6 Å². The number of hydrogen-bond acceptors (Lipinski definition) is 2. The molecule has 2 heterocycles. The van der Waals surface area contributed by atoms with Crippen molar-refractivity contribution in [1.29, 1.82) is 0 Å². The molecule has 5 heteroatoms. The highest BCUT2D eigenvalue weighted by Gasteiger charge is 2.52. The van der Waals surface area contributed by atoms with Crippen LogP contribution in [-0.4, -0.2) is 29.6 Å². The van der Waals surface area contributed by atoms with Gasteiger partial charge in [0.25, 0.3) is 0 Å². The number of piperidine rings is 1. The van der Waals surface area contributed by atoms with Crippen LogP contribution in [0.15, 0.2) is 61.2 Å². The van der Waals surface area contributed by atoms with Gasteiger partial charge in [0.15, 0.2) is 0 Å². The van der Waals surface area contributed by atoms with E-state index in [2.05, 4.69) is 49.6 Å². The van der Waals surface area contributed by atoms with E-state index in [4.69, 9.17) is 27.9 Å². The predicted octanol–water partition coefficient (Wildman–Crippen LogP) is 7.98. The molecule has 2 aromatic rings. The molecule has 34 heavy (non-hydrogen) atoms. The summed E-state index contributed by atoms with van der Waals surface area (Å²) in [7, 11) is 0. The van der Waals surface area contributed by atoms with Gasteiger partial charge in [-0.05, 0) is 73.9 Å². The second-order valence-corrected chi connectivity index (χ2v) is 10.9. The summed E-state index contributed by atoms with van der Waals surface area (Å²) in [6.45, 7) is 9.00. The highest BCUT2D eigenvalue weighted by molar-refractivity contribution is 6.30. The van der Waals surface area contributed by atoms with Crippen LogP contribution in [0, 0.1) is 5.41 Å². The average molecular weight is 501 g/mol. The van der Waals surface area contributed by atoms with Crippen molar-refractivity contribution in [3.63, 3.8) is 0 Å². The van der Waals surface area contributed by atoms with Crippen LogP contribution in [0.4, 0.5) is 0 Å².